The van der Waals surface area contributed by atoms with Gasteiger partial charge in [0.25, 0.3) is 11.5 Å². The van der Waals surface area contributed by atoms with Crippen molar-refractivity contribution in [1.82, 2.24) is 29.3 Å². The van der Waals surface area contributed by atoms with Crippen molar-refractivity contribution in [2.24, 2.45) is 5.92 Å². The van der Waals surface area contributed by atoms with Gasteiger partial charge >= 0.3 is 0 Å². The van der Waals surface area contributed by atoms with E-state index in [1.54, 1.807) is 11.0 Å². The Morgan fingerprint density at radius 1 is 1.25 bits per heavy atom. The number of likely N-dealkylation sites (N-methyl/N-ethyl adjacent to an activating group) is 1. The van der Waals surface area contributed by atoms with Crippen LogP contribution < -0.4 is 10.9 Å². The summed E-state index contributed by atoms with van der Waals surface area (Å²) >= 11 is 0. The minimum absolute atomic E-state index is 0.0484. The van der Waals surface area contributed by atoms with Gasteiger partial charge in [0.1, 0.15) is 5.65 Å². The van der Waals surface area contributed by atoms with Crippen LogP contribution in [0.2, 0.25) is 0 Å². The molecule has 0 atom stereocenters. The smallest absolute Gasteiger partial charge is 0.291 e. The number of amides is 2. The van der Waals surface area contributed by atoms with Crippen molar-refractivity contribution >= 4 is 23.5 Å². The topological polar surface area (TPSA) is 112 Å². The first-order chi connectivity index (χ1) is 15.3. The van der Waals surface area contributed by atoms with Gasteiger partial charge in [-0.1, -0.05) is 13.8 Å². The van der Waals surface area contributed by atoms with Crippen LogP contribution >= 0.6 is 0 Å². The largest absolute Gasteiger partial charge is 0.494 e. The average molecular weight is 443 g/mol. The van der Waals surface area contributed by atoms with Gasteiger partial charge in [-0.15, -0.1) is 0 Å². The van der Waals surface area contributed by atoms with Gasteiger partial charge in [-0.2, -0.15) is 9.61 Å². The number of hydrogen-bond acceptors (Lipinski definition) is 6. The van der Waals surface area contributed by atoms with Crippen LogP contribution in [0.3, 0.4) is 0 Å². The summed E-state index contributed by atoms with van der Waals surface area (Å²) in [6.45, 7) is 7.28. The van der Waals surface area contributed by atoms with E-state index in [1.165, 1.54) is 16.8 Å². The molecule has 0 spiro atoms. The molecule has 2 fully saturated rings. The van der Waals surface area contributed by atoms with Crippen molar-refractivity contribution < 1.29 is 14.7 Å². The number of aromatic hydroxyl groups is 1. The molecule has 0 aromatic carbocycles. The fourth-order valence-corrected chi connectivity index (χ4v) is 3.84. The predicted molar refractivity (Wildman–Crippen MR) is 120 cm³/mol. The minimum Gasteiger partial charge on any atom is -0.494 e. The second-order valence-electron chi connectivity index (χ2n) is 9.05. The molecule has 10 nitrogen and oxygen atoms in total. The van der Waals surface area contributed by atoms with Crippen molar-refractivity contribution in [2.45, 2.75) is 39.3 Å². The van der Waals surface area contributed by atoms with Crippen LogP contribution in [-0.4, -0.2) is 80.2 Å². The lowest BCUT2D eigenvalue weighted by molar-refractivity contribution is -0.127. The summed E-state index contributed by atoms with van der Waals surface area (Å²) < 4.78 is 2.66. The molecule has 10 heteroatoms. The summed E-state index contributed by atoms with van der Waals surface area (Å²) in [7, 11) is 2.02. The van der Waals surface area contributed by atoms with Crippen molar-refractivity contribution in [3.05, 3.63) is 33.8 Å². The summed E-state index contributed by atoms with van der Waals surface area (Å²) in [4.78, 5) is 42.2. The zero-order valence-corrected chi connectivity index (χ0v) is 18.7. The van der Waals surface area contributed by atoms with E-state index in [2.05, 4.69) is 15.3 Å². The number of aromatic nitrogens is 3. The Bertz CT molecular complexity index is 1120. The number of piperazine rings is 1. The van der Waals surface area contributed by atoms with Gasteiger partial charge in [0.2, 0.25) is 11.8 Å². The molecule has 2 aromatic rings. The Morgan fingerprint density at radius 3 is 2.56 bits per heavy atom. The van der Waals surface area contributed by atoms with E-state index >= 15 is 0 Å². The van der Waals surface area contributed by atoms with E-state index in [4.69, 9.17) is 0 Å². The van der Waals surface area contributed by atoms with Gasteiger partial charge in [-0.05, 0) is 31.9 Å². The SMILES string of the molecule is CC(C)Cn1c(O)c(C(=O)NC2CC2)c(=O)n2ncc(C=CC(=O)N3CCN(C)CC3)c12. The van der Waals surface area contributed by atoms with Crippen molar-refractivity contribution in [1.29, 1.82) is 0 Å². The Labute approximate surface area is 186 Å². The molecular weight excluding hydrogens is 412 g/mol. The Balaban J connectivity index is 1.72. The number of hydrogen-bond donors (Lipinski definition) is 2. The lowest BCUT2D eigenvalue weighted by Gasteiger charge is -2.31. The highest BCUT2D eigenvalue weighted by Gasteiger charge is 2.30. The molecule has 4 rings (SSSR count). The fraction of sp³-hybridized carbons (Fsp3) is 0.545. The second kappa shape index (κ2) is 8.78. The zero-order valence-electron chi connectivity index (χ0n) is 18.7. The highest BCUT2D eigenvalue weighted by Crippen LogP contribution is 2.24. The number of nitrogens with one attached hydrogen (secondary N) is 1. The van der Waals surface area contributed by atoms with Gasteiger partial charge < -0.3 is 20.2 Å². The van der Waals surface area contributed by atoms with Crippen molar-refractivity contribution in [2.75, 3.05) is 33.2 Å². The molecule has 1 saturated heterocycles. The maximum Gasteiger partial charge on any atom is 0.291 e. The molecule has 172 valence electrons. The van der Waals surface area contributed by atoms with Crippen LogP contribution in [0.25, 0.3) is 11.7 Å². The summed E-state index contributed by atoms with van der Waals surface area (Å²) in [6.07, 6.45) is 6.29. The first-order valence-electron chi connectivity index (χ1n) is 11.1. The predicted octanol–water partition coefficient (Wildman–Crippen LogP) is 0.537. The number of carbonyl (C=O) groups excluding carboxylic acids is 2. The molecule has 2 amide bonds. The van der Waals surface area contributed by atoms with Gasteiger partial charge in [-0.3, -0.25) is 19.0 Å². The van der Waals surface area contributed by atoms with Gasteiger partial charge in [-0.25, -0.2) is 0 Å². The summed E-state index contributed by atoms with van der Waals surface area (Å²) in [6, 6.07) is 0.0484. The van der Waals surface area contributed by atoms with Crippen LogP contribution in [0.15, 0.2) is 17.1 Å². The van der Waals surface area contributed by atoms with E-state index in [-0.39, 0.29) is 29.3 Å². The van der Waals surface area contributed by atoms with Crippen LogP contribution in [0.1, 0.15) is 42.6 Å². The highest BCUT2D eigenvalue weighted by atomic mass is 16.3. The van der Waals surface area contributed by atoms with Crippen LogP contribution in [0, 0.1) is 5.92 Å². The monoisotopic (exact) mass is 442 g/mol. The fourth-order valence-electron chi connectivity index (χ4n) is 3.84. The highest BCUT2D eigenvalue weighted by molar-refractivity contribution is 5.97. The molecular formula is C22H30N6O4. The minimum atomic E-state index is -0.680. The van der Waals surface area contributed by atoms with Gasteiger partial charge in [0, 0.05) is 50.4 Å². The molecule has 0 bridgehead atoms. The zero-order chi connectivity index (χ0) is 23.0. The number of fused-ring (bicyclic) bond motifs is 1. The molecule has 1 saturated carbocycles. The number of rotatable bonds is 6. The summed E-state index contributed by atoms with van der Waals surface area (Å²) in [5, 5.41) is 17.9. The standard InChI is InChI=1S/C22H30N6O4/c1-14(2)13-27-20-15(4-7-17(29)26-10-8-25(3)9-11-26)12-23-28(20)22(32)18(21(27)31)19(30)24-16-5-6-16/h4,7,12,14,16,31H,5-6,8-11,13H2,1-3H3,(H,24,30). The summed E-state index contributed by atoms with van der Waals surface area (Å²) in [5.41, 5.74) is -0.112. The van der Waals surface area contributed by atoms with Gasteiger partial charge in [0.15, 0.2) is 5.56 Å². The van der Waals surface area contributed by atoms with E-state index in [1.807, 2.05) is 20.9 Å². The van der Waals surface area contributed by atoms with Crippen molar-refractivity contribution in [3.8, 4) is 5.88 Å². The third-order valence-corrected chi connectivity index (χ3v) is 5.82. The third kappa shape index (κ3) is 4.40. The molecule has 2 N–H and O–H groups in total. The van der Waals surface area contributed by atoms with E-state index in [0.717, 1.165) is 30.4 Å². The van der Waals surface area contributed by atoms with Crippen molar-refractivity contribution in [3.63, 3.8) is 0 Å². The Morgan fingerprint density at radius 2 is 1.94 bits per heavy atom. The Kier molecular flexibility index (Phi) is 6.05. The molecule has 0 unspecified atom stereocenters. The maximum absolute atomic E-state index is 13.0. The lowest BCUT2D eigenvalue weighted by atomic mass is 10.2. The van der Waals surface area contributed by atoms with E-state index < -0.39 is 11.5 Å². The number of carbonyl (C=O) groups is 2. The van der Waals surface area contributed by atoms with Gasteiger partial charge in [0.05, 0.1) is 6.20 Å². The first kappa shape index (κ1) is 22.1. The van der Waals surface area contributed by atoms with E-state index in [0.29, 0.717) is 30.8 Å². The molecule has 32 heavy (non-hydrogen) atoms. The molecule has 2 aromatic heterocycles. The quantitative estimate of drug-likeness (QED) is 0.632. The molecule has 1 aliphatic carbocycles. The summed E-state index contributed by atoms with van der Waals surface area (Å²) in [5.74, 6) is -0.952. The third-order valence-electron chi connectivity index (χ3n) is 5.82. The average Bonchev–Trinajstić information content (AvgIpc) is 3.45. The van der Waals surface area contributed by atoms with E-state index in [9.17, 15) is 19.5 Å². The normalized spacial score (nSPS) is 17.6. The second-order valence-corrected chi connectivity index (χ2v) is 9.05. The maximum atomic E-state index is 13.0. The van der Waals surface area contributed by atoms with Crippen LogP contribution in [0.5, 0.6) is 5.88 Å². The first-order valence-corrected chi connectivity index (χ1v) is 11.1. The van der Waals surface area contributed by atoms with Crippen LogP contribution in [-0.2, 0) is 11.3 Å². The molecule has 0 radical (unpaired) electrons. The molecule has 1 aliphatic heterocycles. The Hall–Kier alpha value is -3.14. The molecule has 3 heterocycles. The van der Waals surface area contributed by atoms with Crippen LogP contribution in [0.4, 0.5) is 0 Å². The molecule has 2 aliphatic rings. The lowest BCUT2D eigenvalue weighted by Crippen LogP contribution is -2.46. The number of nitrogens with zero attached hydrogens (tertiary/aromatic N) is 5.